The van der Waals surface area contributed by atoms with Crippen molar-refractivity contribution in [2.24, 2.45) is 15.9 Å². The van der Waals surface area contributed by atoms with Crippen molar-refractivity contribution >= 4 is 36.6 Å². The molecule has 37 heavy (non-hydrogen) atoms. The summed E-state index contributed by atoms with van der Waals surface area (Å²) < 4.78 is 15.0. The fourth-order valence-electron chi connectivity index (χ4n) is 4.75. The zero-order valence-corrected chi connectivity index (χ0v) is 22.2. The SMILES string of the molecule is C=N/C(=C(F)\C=N/CNc1ccc(CN2CCN(CC)CC2)cn1)c1ccc(=C)/c(=C(\C)CC2CC2)c1. The molecule has 0 amide bonds. The Bertz CT molecular complexity index is 1240. The molecule has 0 spiro atoms. The van der Waals surface area contributed by atoms with Gasteiger partial charge < -0.3 is 10.2 Å². The van der Waals surface area contributed by atoms with E-state index in [0.717, 1.165) is 62.0 Å². The van der Waals surface area contributed by atoms with Gasteiger partial charge in [0.1, 0.15) is 18.2 Å². The molecule has 2 aromatic rings. The number of hydrogen-bond acceptors (Lipinski definition) is 6. The summed E-state index contributed by atoms with van der Waals surface area (Å²) in [5.41, 5.74) is 3.34. The molecular weight excluding hydrogens is 463 g/mol. The Hall–Kier alpha value is -3.16. The fourth-order valence-corrected chi connectivity index (χ4v) is 4.75. The molecule has 1 N–H and O–H groups in total. The normalized spacial score (nSPS) is 18.6. The molecule has 1 saturated carbocycles. The van der Waals surface area contributed by atoms with Gasteiger partial charge in [-0.25, -0.2) is 9.37 Å². The van der Waals surface area contributed by atoms with E-state index in [4.69, 9.17) is 0 Å². The highest BCUT2D eigenvalue weighted by Gasteiger charge is 2.21. The van der Waals surface area contributed by atoms with Gasteiger partial charge in [0.15, 0.2) is 5.83 Å². The molecule has 2 heterocycles. The molecule has 0 radical (unpaired) electrons. The van der Waals surface area contributed by atoms with Crippen molar-refractivity contribution in [2.45, 2.75) is 39.7 Å². The lowest BCUT2D eigenvalue weighted by Gasteiger charge is -2.33. The quantitative estimate of drug-likeness (QED) is 0.471. The molecule has 1 aromatic heterocycles. The van der Waals surface area contributed by atoms with Crippen LogP contribution in [0.3, 0.4) is 0 Å². The minimum absolute atomic E-state index is 0.187. The number of piperazine rings is 1. The lowest BCUT2D eigenvalue weighted by Crippen LogP contribution is -2.45. The van der Waals surface area contributed by atoms with Gasteiger partial charge in [0, 0.05) is 44.5 Å². The molecule has 1 aliphatic heterocycles. The standard InChI is InChI=1S/C30H39FN6/c1-5-36-12-14-37(15-13-36)20-25-9-11-29(34-18-25)35-21-33-19-28(31)30(32-4)26-10-6-22(2)27(17-26)23(3)16-24-7-8-24/h6,9-11,17-19,24H,2,4-5,7-8,12-16,20-21H2,1,3H3,(H,34,35)/b27-23+,30-28+,33-19-. The summed E-state index contributed by atoms with van der Waals surface area (Å²) in [7, 11) is 0. The summed E-state index contributed by atoms with van der Waals surface area (Å²) in [4.78, 5) is 17.6. The number of nitrogens with one attached hydrogen (secondary N) is 1. The first-order valence-electron chi connectivity index (χ1n) is 13.3. The number of benzene rings is 1. The van der Waals surface area contributed by atoms with Crippen molar-refractivity contribution in [1.29, 1.82) is 0 Å². The third kappa shape index (κ3) is 7.66. The maximum absolute atomic E-state index is 15.0. The molecule has 1 aliphatic carbocycles. The van der Waals surface area contributed by atoms with Gasteiger partial charge in [-0.2, -0.15) is 0 Å². The number of aliphatic imine (C=N–C) groups is 2. The molecular formula is C30H39FN6. The van der Waals surface area contributed by atoms with Crippen LogP contribution < -0.4 is 15.8 Å². The molecule has 196 valence electrons. The van der Waals surface area contributed by atoms with Crippen molar-refractivity contribution in [3.8, 4) is 0 Å². The van der Waals surface area contributed by atoms with Gasteiger partial charge >= 0.3 is 0 Å². The van der Waals surface area contributed by atoms with Crippen LogP contribution in [0.4, 0.5) is 10.2 Å². The van der Waals surface area contributed by atoms with Crippen molar-refractivity contribution in [1.82, 2.24) is 14.8 Å². The Morgan fingerprint density at radius 1 is 1.16 bits per heavy atom. The molecule has 2 aliphatic rings. The number of nitrogens with zero attached hydrogens (tertiary/aromatic N) is 5. The molecule has 4 rings (SSSR count). The summed E-state index contributed by atoms with van der Waals surface area (Å²) in [5, 5.41) is 5.13. The van der Waals surface area contributed by atoms with Gasteiger partial charge in [0.2, 0.25) is 0 Å². The number of likely N-dealkylation sites (N-methyl/N-ethyl adjacent to an activating group) is 1. The Labute approximate surface area is 220 Å². The van der Waals surface area contributed by atoms with Crippen LogP contribution in [0, 0.1) is 5.92 Å². The molecule has 1 saturated heterocycles. The summed E-state index contributed by atoms with van der Waals surface area (Å²) in [5.74, 6) is 0.964. The Kier molecular flexibility index (Phi) is 9.36. The maximum atomic E-state index is 15.0. The number of anilines is 1. The van der Waals surface area contributed by atoms with Crippen LogP contribution in [0.2, 0.25) is 0 Å². The van der Waals surface area contributed by atoms with Crippen LogP contribution in [0.1, 0.15) is 44.2 Å². The number of aromatic nitrogens is 1. The minimum Gasteiger partial charge on any atom is -0.351 e. The highest BCUT2D eigenvalue weighted by molar-refractivity contribution is 5.89. The lowest BCUT2D eigenvalue weighted by atomic mass is 10.0. The molecule has 7 heteroatoms. The van der Waals surface area contributed by atoms with E-state index in [9.17, 15) is 4.39 Å². The summed E-state index contributed by atoms with van der Waals surface area (Å²) >= 11 is 0. The van der Waals surface area contributed by atoms with E-state index in [1.165, 1.54) is 30.2 Å². The fraction of sp³-hybridized carbons (Fsp3) is 0.433. The average molecular weight is 503 g/mol. The van der Waals surface area contributed by atoms with Crippen LogP contribution in [0.5, 0.6) is 0 Å². The zero-order chi connectivity index (χ0) is 26.2. The lowest BCUT2D eigenvalue weighted by molar-refractivity contribution is 0.132. The van der Waals surface area contributed by atoms with Gasteiger partial charge in [-0.15, -0.1) is 0 Å². The molecule has 0 unspecified atom stereocenters. The number of rotatable bonds is 11. The molecule has 0 atom stereocenters. The highest BCUT2D eigenvalue weighted by Crippen LogP contribution is 2.35. The average Bonchev–Trinajstić information content (AvgIpc) is 3.73. The maximum Gasteiger partial charge on any atom is 0.167 e. The van der Waals surface area contributed by atoms with E-state index in [0.29, 0.717) is 11.4 Å². The Morgan fingerprint density at radius 2 is 1.92 bits per heavy atom. The second-order valence-electron chi connectivity index (χ2n) is 10.1. The van der Waals surface area contributed by atoms with E-state index in [2.05, 4.69) is 63.3 Å². The number of hydrogen-bond donors (Lipinski definition) is 1. The van der Waals surface area contributed by atoms with Crippen LogP contribution in [-0.4, -0.2) is 67.1 Å². The summed E-state index contributed by atoms with van der Waals surface area (Å²) in [6.45, 7) is 18.7. The van der Waals surface area contributed by atoms with E-state index in [1.807, 2.05) is 30.5 Å². The molecule has 6 nitrogen and oxygen atoms in total. The smallest absolute Gasteiger partial charge is 0.167 e. The Morgan fingerprint density at radius 3 is 2.57 bits per heavy atom. The second kappa shape index (κ2) is 12.9. The molecule has 0 bridgehead atoms. The zero-order valence-electron chi connectivity index (χ0n) is 22.2. The van der Waals surface area contributed by atoms with Crippen molar-refractivity contribution < 1.29 is 4.39 Å². The van der Waals surface area contributed by atoms with Crippen LogP contribution in [0.15, 0.2) is 52.3 Å². The van der Waals surface area contributed by atoms with E-state index in [1.54, 1.807) is 0 Å². The topological polar surface area (TPSA) is 56.1 Å². The predicted octanol–water partition coefficient (Wildman–Crippen LogP) is 4.08. The van der Waals surface area contributed by atoms with Gasteiger partial charge in [-0.3, -0.25) is 14.9 Å². The highest BCUT2D eigenvalue weighted by atomic mass is 19.1. The first-order valence-corrected chi connectivity index (χ1v) is 13.3. The van der Waals surface area contributed by atoms with E-state index < -0.39 is 5.83 Å². The predicted molar refractivity (Wildman–Crippen MR) is 154 cm³/mol. The molecule has 1 aromatic carbocycles. The first-order chi connectivity index (χ1) is 18.0. The van der Waals surface area contributed by atoms with Gasteiger partial charge in [0.05, 0.1) is 6.21 Å². The van der Waals surface area contributed by atoms with Crippen molar-refractivity contribution in [2.75, 3.05) is 44.7 Å². The number of allylic oxidation sites excluding steroid dienone is 1. The summed E-state index contributed by atoms with van der Waals surface area (Å²) in [6, 6.07) is 9.74. The van der Waals surface area contributed by atoms with Crippen molar-refractivity contribution in [3.63, 3.8) is 0 Å². The van der Waals surface area contributed by atoms with Crippen LogP contribution in [-0.2, 0) is 6.54 Å². The monoisotopic (exact) mass is 502 g/mol. The number of pyridine rings is 1. The largest absolute Gasteiger partial charge is 0.351 e. The van der Waals surface area contributed by atoms with Crippen molar-refractivity contribution in [3.05, 3.63) is 63.9 Å². The third-order valence-corrected chi connectivity index (χ3v) is 7.22. The van der Waals surface area contributed by atoms with Gasteiger partial charge in [-0.1, -0.05) is 37.3 Å². The number of halogens is 1. The van der Waals surface area contributed by atoms with Gasteiger partial charge in [0.25, 0.3) is 0 Å². The first kappa shape index (κ1) is 26.9. The minimum atomic E-state index is -0.522. The third-order valence-electron chi connectivity index (χ3n) is 7.22. The van der Waals surface area contributed by atoms with Crippen LogP contribution >= 0.6 is 0 Å². The summed E-state index contributed by atoms with van der Waals surface area (Å²) in [6.07, 6.45) is 6.73. The second-order valence-corrected chi connectivity index (χ2v) is 10.1. The van der Waals surface area contributed by atoms with Gasteiger partial charge in [-0.05, 0) is 73.5 Å². The van der Waals surface area contributed by atoms with E-state index in [-0.39, 0.29) is 12.4 Å². The van der Waals surface area contributed by atoms with E-state index >= 15 is 0 Å². The van der Waals surface area contributed by atoms with Crippen LogP contribution in [0.25, 0.3) is 17.8 Å². The Balaban J connectivity index is 1.33. The molecule has 2 fully saturated rings.